The molecule has 1 fully saturated rings. The predicted molar refractivity (Wildman–Crippen MR) is 91.3 cm³/mol. The van der Waals surface area contributed by atoms with E-state index in [0.717, 1.165) is 35.3 Å². The van der Waals surface area contributed by atoms with Gasteiger partial charge in [-0.15, -0.1) is 0 Å². The molecule has 24 heavy (non-hydrogen) atoms. The van der Waals surface area contributed by atoms with Crippen LogP contribution in [0.25, 0.3) is 0 Å². The van der Waals surface area contributed by atoms with E-state index in [9.17, 15) is 9.59 Å². The van der Waals surface area contributed by atoms with Crippen molar-refractivity contribution in [2.75, 3.05) is 26.8 Å². The number of piperidine rings is 1. The number of rotatable bonds is 4. The van der Waals surface area contributed by atoms with Crippen molar-refractivity contribution < 1.29 is 19.1 Å². The molecule has 0 atom stereocenters. The third-order valence-electron chi connectivity index (χ3n) is 4.57. The molecule has 132 valence electrons. The van der Waals surface area contributed by atoms with Crippen LogP contribution in [-0.2, 0) is 9.53 Å². The zero-order valence-electron chi connectivity index (χ0n) is 14.8. The van der Waals surface area contributed by atoms with Gasteiger partial charge in [-0.1, -0.05) is 12.1 Å². The molecule has 1 heterocycles. The van der Waals surface area contributed by atoms with Crippen molar-refractivity contribution in [2.45, 2.75) is 39.7 Å². The quantitative estimate of drug-likeness (QED) is 0.918. The first-order chi connectivity index (χ1) is 11.4. The van der Waals surface area contributed by atoms with Gasteiger partial charge < -0.3 is 19.7 Å². The Morgan fingerprint density at radius 2 is 1.79 bits per heavy atom. The number of aryl methyl sites for hydroxylation is 2. The molecule has 0 unspecified atom stereocenters. The fourth-order valence-corrected chi connectivity index (χ4v) is 2.87. The molecule has 1 saturated heterocycles. The van der Waals surface area contributed by atoms with Crippen LogP contribution in [0, 0.1) is 20.8 Å². The van der Waals surface area contributed by atoms with Gasteiger partial charge in [0.2, 0.25) is 0 Å². The predicted octanol–water partition coefficient (Wildman–Crippen LogP) is 2.34. The molecule has 0 saturated carbocycles. The lowest BCUT2D eigenvalue weighted by molar-refractivity contribution is -0.134. The zero-order chi connectivity index (χ0) is 17.7. The van der Waals surface area contributed by atoms with E-state index >= 15 is 0 Å². The first-order valence-corrected chi connectivity index (χ1v) is 8.24. The van der Waals surface area contributed by atoms with Crippen LogP contribution in [0.1, 0.15) is 29.5 Å². The van der Waals surface area contributed by atoms with Gasteiger partial charge >= 0.3 is 6.09 Å². The van der Waals surface area contributed by atoms with Crippen LogP contribution in [0.5, 0.6) is 5.75 Å². The normalized spacial score (nSPS) is 15.1. The molecule has 2 amide bonds. The number of benzene rings is 1. The fourth-order valence-electron chi connectivity index (χ4n) is 2.87. The highest BCUT2D eigenvalue weighted by Crippen LogP contribution is 2.25. The van der Waals surface area contributed by atoms with Crippen molar-refractivity contribution in [3.63, 3.8) is 0 Å². The van der Waals surface area contributed by atoms with Crippen LogP contribution in [-0.4, -0.2) is 49.7 Å². The fraction of sp³-hybridized carbons (Fsp3) is 0.556. The van der Waals surface area contributed by atoms with Crippen molar-refractivity contribution in [2.24, 2.45) is 0 Å². The van der Waals surface area contributed by atoms with Gasteiger partial charge in [0.05, 0.1) is 7.11 Å². The van der Waals surface area contributed by atoms with E-state index < -0.39 is 6.09 Å². The van der Waals surface area contributed by atoms with Crippen LogP contribution >= 0.6 is 0 Å². The Morgan fingerprint density at radius 3 is 2.42 bits per heavy atom. The molecule has 6 heteroatoms. The van der Waals surface area contributed by atoms with Crippen LogP contribution in [0.3, 0.4) is 0 Å². The van der Waals surface area contributed by atoms with E-state index in [1.54, 1.807) is 4.90 Å². The van der Waals surface area contributed by atoms with Crippen molar-refractivity contribution in [1.82, 2.24) is 10.2 Å². The SMILES string of the molecule is COC(=O)NC1CCN(C(=O)COc2c(C)ccc(C)c2C)CC1. The van der Waals surface area contributed by atoms with Crippen LogP contribution in [0.2, 0.25) is 0 Å². The number of methoxy groups -OCH3 is 1. The van der Waals surface area contributed by atoms with Gasteiger partial charge in [0.25, 0.3) is 5.91 Å². The largest absolute Gasteiger partial charge is 0.483 e. The van der Waals surface area contributed by atoms with Gasteiger partial charge in [0.1, 0.15) is 5.75 Å². The Balaban J connectivity index is 1.84. The van der Waals surface area contributed by atoms with Gasteiger partial charge in [-0.25, -0.2) is 4.79 Å². The summed E-state index contributed by atoms with van der Waals surface area (Å²) >= 11 is 0. The molecular weight excluding hydrogens is 308 g/mol. The van der Waals surface area contributed by atoms with Gasteiger partial charge in [0, 0.05) is 19.1 Å². The van der Waals surface area contributed by atoms with Crippen molar-refractivity contribution >= 4 is 12.0 Å². The molecule has 6 nitrogen and oxygen atoms in total. The second kappa shape index (κ2) is 8.04. The number of carbonyl (C=O) groups is 2. The van der Waals surface area contributed by atoms with Gasteiger partial charge in [-0.2, -0.15) is 0 Å². The monoisotopic (exact) mass is 334 g/mol. The standard InChI is InChI=1S/C18H26N2O4/c1-12-5-6-13(2)17(14(12)3)24-11-16(21)20-9-7-15(8-10-20)19-18(22)23-4/h5-6,15H,7-11H2,1-4H3,(H,19,22). The molecule has 0 radical (unpaired) electrons. The summed E-state index contributed by atoms with van der Waals surface area (Å²) in [5.41, 5.74) is 3.26. The third-order valence-corrected chi connectivity index (χ3v) is 4.57. The molecule has 0 aliphatic carbocycles. The van der Waals surface area contributed by atoms with E-state index in [1.807, 2.05) is 26.8 Å². The average molecular weight is 334 g/mol. The lowest BCUT2D eigenvalue weighted by Gasteiger charge is -2.32. The van der Waals surface area contributed by atoms with E-state index in [-0.39, 0.29) is 18.6 Å². The van der Waals surface area contributed by atoms with Gasteiger partial charge in [0.15, 0.2) is 6.61 Å². The van der Waals surface area contributed by atoms with Crippen molar-refractivity contribution in [3.8, 4) is 5.75 Å². The molecule has 2 rings (SSSR count). The third kappa shape index (κ3) is 4.40. The minimum Gasteiger partial charge on any atom is -0.483 e. The number of amides is 2. The Kier molecular flexibility index (Phi) is 6.06. The lowest BCUT2D eigenvalue weighted by Crippen LogP contribution is -2.47. The highest BCUT2D eigenvalue weighted by molar-refractivity contribution is 5.78. The summed E-state index contributed by atoms with van der Waals surface area (Å²) in [4.78, 5) is 25.4. The highest BCUT2D eigenvalue weighted by Gasteiger charge is 2.24. The average Bonchev–Trinajstić information content (AvgIpc) is 2.58. The summed E-state index contributed by atoms with van der Waals surface area (Å²) in [6, 6.07) is 4.12. The Bertz CT molecular complexity index is 607. The van der Waals surface area contributed by atoms with E-state index in [1.165, 1.54) is 7.11 Å². The molecule has 1 N–H and O–H groups in total. The van der Waals surface area contributed by atoms with Gasteiger partial charge in [-0.3, -0.25) is 4.79 Å². The van der Waals surface area contributed by atoms with Crippen LogP contribution < -0.4 is 10.1 Å². The summed E-state index contributed by atoms with van der Waals surface area (Å²) in [6.45, 7) is 7.29. The Morgan fingerprint density at radius 1 is 1.17 bits per heavy atom. The number of likely N-dealkylation sites (tertiary alicyclic amines) is 1. The highest BCUT2D eigenvalue weighted by atomic mass is 16.5. The second-order valence-corrected chi connectivity index (χ2v) is 6.23. The maximum Gasteiger partial charge on any atom is 0.407 e. The summed E-state index contributed by atoms with van der Waals surface area (Å²) < 4.78 is 10.4. The van der Waals surface area contributed by atoms with E-state index in [0.29, 0.717) is 13.1 Å². The minimum atomic E-state index is -0.423. The lowest BCUT2D eigenvalue weighted by atomic mass is 10.0. The number of hydrogen-bond acceptors (Lipinski definition) is 4. The smallest absolute Gasteiger partial charge is 0.407 e. The van der Waals surface area contributed by atoms with Gasteiger partial charge in [-0.05, 0) is 50.3 Å². The molecule has 1 aromatic rings. The molecule has 1 aliphatic heterocycles. The van der Waals surface area contributed by atoms with Crippen molar-refractivity contribution in [1.29, 1.82) is 0 Å². The number of hydrogen-bond donors (Lipinski definition) is 1. The summed E-state index contributed by atoms with van der Waals surface area (Å²) in [5, 5.41) is 2.78. The van der Waals surface area contributed by atoms with E-state index in [2.05, 4.69) is 16.1 Å². The molecule has 1 aromatic carbocycles. The van der Waals surface area contributed by atoms with Crippen LogP contribution in [0.4, 0.5) is 4.79 Å². The molecule has 0 bridgehead atoms. The number of nitrogens with one attached hydrogen (secondary N) is 1. The molecule has 0 spiro atoms. The Labute approximate surface area is 143 Å². The zero-order valence-corrected chi connectivity index (χ0v) is 14.8. The van der Waals surface area contributed by atoms with E-state index in [4.69, 9.17) is 4.74 Å². The maximum absolute atomic E-state index is 12.4. The van der Waals surface area contributed by atoms with Crippen molar-refractivity contribution in [3.05, 3.63) is 28.8 Å². The second-order valence-electron chi connectivity index (χ2n) is 6.23. The topological polar surface area (TPSA) is 67.9 Å². The van der Waals surface area contributed by atoms with Crippen LogP contribution in [0.15, 0.2) is 12.1 Å². The molecule has 0 aromatic heterocycles. The number of carbonyl (C=O) groups excluding carboxylic acids is 2. The first kappa shape index (κ1) is 18.1. The summed E-state index contributed by atoms with van der Waals surface area (Å²) in [5.74, 6) is 0.775. The summed E-state index contributed by atoms with van der Waals surface area (Å²) in [6.07, 6.45) is 1.03. The minimum absolute atomic E-state index is 0.0215. The number of nitrogens with zero attached hydrogens (tertiary/aromatic N) is 1. The number of alkyl carbamates (subject to hydrolysis) is 1. The summed E-state index contributed by atoms with van der Waals surface area (Å²) in [7, 11) is 1.35. The molecular formula is C18H26N2O4. The number of ether oxygens (including phenoxy) is 2. The Hall–Kier alpha value is -2.24. The first-order valence-electron chi connectivity index (χ1n) is 8.24. The maximum atomic E-state index is 12.4. The molecule has 1 aliphatic rings.